The summed E-state index contributed by atoms with van der Waals surface area (Å²) < 4.78 is 0. The van der Waals surface area contributed by atoms with Crippen LogP contribution in [0.5, 0.6) is 0 Å². The maximum absolute atomic E-state index is 11.6. The smallest absolute Gasteiger partial charge is 0.156 e. The maximum atomic E-state index is 11.6. The molecule has 0 saturated heterocycles. The predicted molar refractivity (Wildman–Crippen MR) is 60.4 cm³/mol. The van der Waals surface area contributed by atoms with Crippen molar-refractivity contribution in [3.8, 4) is 0 Å². The molecule has 2 saturated carbocycles. The van der Waals surface area contributed by atoms with Crippen LogP contribution in [-0.4, -0.2) is 5.78 Å². The van der Waals surface area contributed by atoms with Crippen molar-refractivity contribution in [1.82, 2.24) is 0 Å². The molecular weight excluding hydrogens is 184 g/mol. The van der Waals surface area contributed by atoms with E-state index in [0.29, 0.717) is 23.5 Å². The van der Waals surface area contributed by atoms with Crippen molar-refractivity contribution in [2.45, 2.75) is 39.5 Å². The topological polar surface area (TPSA) is 17.1 Å². The minimum Gasteiger partial charge on any atom is -0.295 e. The fourth-order valence-corrected chi connectivity index (χ4v) is 4.24. The molecule has 0 spiro atoms. The Bertz CT molecular complexity index is 400. The molecule has 2 atom stereocenters. The third-order valence-electron chi connectivity index (χ3n) is 4.83. The highest BCUT2D eigenvalue weighted by Crippen LogP contribution is 2.68. The van der Waals surface area contributed by atoms with Crippen molar-refractivity contribution >= 4 is 5.78 Å². The quantitative estimate of drug-likeness (QED) is 0.551. The fourth-order valence-electron chi connectivity index (χ4n) is 4.24. The molecule has 2 fully saturated rings. The van der Waals surface area contributed by atoms with Crippen molar-refractivity contribution in [2.24, 2.45) is 16.7 Å². The van der Waals surface area contributed by atoms with Gasteiger partial charge in [-0.3, -0.25) is 4.79 Å². The Hall–Kier alpha value is -0.850. The average molecular weight is 202 g/mol. The van der Waals surface area contributed by atoms with E-state index in [0.717, 1.165) is 12.8 Å². The zero-order valence-corrected chi connectivity index (χ0v) is 9.60. The van der Waals surface area contributed by atoms with Crippen LogP contribution in [0.1, 0.15) is 39.5 Å². The Morgan fingerprint density at radius 2 is 2.20 bits per heavy atom. The third-order valence-corrected chi connectivity index (χ3v) is 4.83. The van der Waals surface area contributed by atoms with Crippen LogP contribution in [0.25, 0.3) is 0 Å². The van der Waals surface area contributed by atoms with Crippen molar-refractivity contribution in [2.75, 3.05) is 0 Å². The van der Waals surface area contributed by atoms with Gasteiger partial charge in [0.25, 0.3) is 0 Å². The molecule has 0 heterocycles. The SMILES string of the molecule is C=C1CC[C@@H]2C3=CC(=O)C[C@]13CC2(C)C. The van der Waals surface area contributed by atoms with E-state index in [4.69, 9.17) is 0 Å². The molecule has 0 aromatic rings. The van der Waals surface area contributed by atoms with Gasteiger partial charge in [0.05, 0.1) is 0 Å². The van der Waals surface area contributed by atoms with Crippen molar-refractivity contribution < 1.29 is 4.79 Å². The lowest BCUT2D eigenvalue weighted by Crippen LogP contribution is -2.23. The van der Waals surface area contributed by atoms with Crippen molar-refractivity contribution in [3.05, 3.63) is 23.8 Å². The summed E-state index contributed by atoms with van der Waals surface area (Å²) in [5, 5.41) is 0. The van der Waals surface area contributed by atoms with Gasteiger partial charge < -0.3 is 0 Å². The second-order valence-electron chi connectivity index (χ2n) is 6.19. The fraction of sp³-hybridized carbons (Fsp3) is 0.643. The molecule has 0 unspecified atom stereocenters. The number of hydrogen-bond donors (Lipinski definition) is 0. The molecule has 3 aliphatic carbocycles. The number of hydrogen-bond acceptors (Lipinski definition) is 1. The number of allylic oxidation sites excluding steroid dienone is 3. The summed E-state index contributed by atoms with van der Waals surface area (Å²) in [6, 6.07) is 0. The Labute approximate surface area is 91.2 Å². The first-order valence-corrected chi connectivity index (χ1v) is 5.89. The number of carbonyl (C=O) groups excluding carboxylic acids is 1. The minimum absolute atomic E-state index is 0.0868. The first-order valence-electron chi connectivity index (χ1n) is 5.89. The normalized spacial score (nSPS) is 41.7. The second-order valence-corrected chi connectivity index (χ2v) is 6.19. The van der Waals surface area contributed by atoms with E-state index in [2.05, 4.69) is 20.4 Å². The van der Waals surface area contributed by atoms with Gasteiger partial charge in [0, 0.05) is 11.8 Å². The van der Waals surface area contributed by atoms with Gasteiger partial charge in [0.15, 0.2) is 5.78 Å². The maximum Gasteiger partial charge on any atom is 0.156 e. The Morgan fingerprint density at radius 3 is 2.87 bits per heavy atom. The van der Waals surface area contributed by atoms with Crippen LogP contribution < -0.4 is 0 Å². The average Bonchev–Trinajstić information content (AvgIpc) is 2.47. The Balaban J connectivity index is 2.19. The zero-order chi connectivity index (χ0) is 10.8. The van der Waals surface area contributed by atoms with Gasteiger partial charge >= 0.3 is 0 Å². The number of rotatable bonds is 0. The molecule has 0 aliphatic heterocycles. The van der Waals surface area contributed by atoms with Gasteiger partial charge in [0.2, 0.25) is 0 Å². The van der Waals surface area contributed by atoms with Crippen LogP contribution in [0.15, 0.2) is 23.8 Å². The third kappa shape index (κ3) is 0.965. The summed E-state index contributed by atoms with van der Waals surface area (Å²) >= 11 is 0. The molecule has 0 aromatic heterocycles. The molecule has 3 rings (SSSR count). The van der Waals surface area contributed by atoms with Gasteiger partial charge in [-0.2, -0.15) is 0 Å². The van der Waals surface area contributed by atoms with Gasteiger partial charge in [-0.15, -0.1) is 0 Å². The largest absolute Gasteiger partial charge is 0.295 e. The van der Waals surface area contributed by atoms with Crippen LogP contribution in [-0.2, 0) is 4.79 Å². The lowest BCUT2D eigenvalue weighted by atomic mass is 9.69. The molecule has 2 bridgehead atoms. The summed E-state index contributed by atoms with van der Waals surface area (Å²) in [7, 11) is 0. The van der Waals surface area contributed by atoms with Crippen molar-refractivity contribution in [3.63, 3.8) is 0 Å². The van der Waals surface area contributed by atoms with E-state index >= 15 is 0 Å². The second kappa shape index (κ2) is 2.45. The number of carbonyl (C=O) groups is 1. The molecule has 0 amide bonds. The van der Waals surface area contributed by atoms with E-state index in [9.17, 15) is 4.79 Å². The molecule has 0 radical (unpaired) electrons. The van der Waals surface area contributed by atoms with Gasteiger partial charge in [-0.05, 0) is 36.7 Å². The van der Waals surface area contributed by atoms with Gasteiger partial charge in [-0.1, -0.05) is 31.6 Å². The Kier molecular flexibility index (Phi) is 1.53. The van der Waals surface area contributed by atoms with Gasteiger partial charge in [0.1, 0.15) is 0 Å². The molecule has 0 aromatic carbocycles. The monoisotopic (exact) mass is 202 g/mol. The van der Waals surface area contributed by atoms with Crippen LogP contribution in [0.2, 0.25) is 0 Å². The number of ketones is 1. The lowest BCUT2D eigenvalue weighted by Gasteiger charge is -2.34. The lowest BCUT2D eigenvalue weighted by molar-refractivity contribution is -0.115. The highest BCUT2D eigenvalue weighted by atomic mass is 16.1. The van der Waals surface area contributed by atoms with E-state index in [1.807, 2.05) is 6.08 Å². The van der Waals surface area contributed by atoms with E-state index in [1.165, 1.54) is 17.6 Å². The molecule has 0 N–H and O–H groups in total. The molecule has 15 heavy (non-hydrogen) atoms. The first-order chi connectivity index (χ1) is 6.96. The summed E-state index contributed by atoms with van der Waals surface area (Å²) in [5.74, 6) is 0.961. The van der Waals surface area contributed by atoms with Crippen LogP contribution >= 0.6 is 0 Å². The standard InChI is InChI=1S/C14H18O/c1-9-4-5-11-12-6-10(15)7-14(9,12)8-13(11,2)3/h6,11H,1,4-5,7-8H2,2-3H3/t11-,14+/m1/s1. The summed E-state index contributed by atoms with van der Waals surface area (Å²) in [4.78, 5) is 11.6. The summed E-state index contributed by atoms with van der Waals surface area (Å²) in [6.07, 6.45) is 6.11. The predicted octanol–water partition coefficient (Wildman–Crippen LogP) is 3.27. The Morgan fingerprint density at radius 1 is 1.47 bits per heavy atom. The van der Waals surface area contributed by atoms with Crippen LogP contribution in [0.4, 0.5) is 0 Å². The molecule has 3 aliphatic rings. The highest BCUT2D eigenvalue weighted by Gasteiger charge is 2.59. The molecular formula is C14H18O. The summed E-state index contributed by atoms with van der Waals surface area (Å²) in [6.45, 7) is 8.93. The van der Waals surface area contributed by atoms with Crippen LogP contribution in [0.3, 0.4) is 0 Å². The van der Waals surface area contributed by atoms with E-state index in [1.54, 1.807) is 0 Å². The minimum atomic E-state index is 0.0868. The van der Waals surface area contributed by atoms with Gasteiger partial charge in [-0.25, -0.2) is 0 Å². The van der Waals surface area contributed by atoms with Crippen LogP contribution in [0, 0.1) is 16.7 Å². The van der Waals surface area contributed by atoms with Crippen molar-refractivity contribution in [1.29, 1.82) is 0 Å². The molecule has 80 valence electrons. The summed E-state index contributed by atoms with van der Waals surface area (Å²) in [5.41, 5.74) is 3.20. The van der Waals surface area contributed by atoms with E-state index < -0.39 is 0 Å². The highest BCUT2D eigenvalue weighted by molar-refractivity contribution is 5.95. The van der Waals surface area contributed by atoms with E-state index in [-0.39, 0.29) is 5.41 Å². The zero-order valence-electron chi connectivity index (χ0n) is 9.60. The molecule has 1 nitrogen and oxygen atoms in total. The first kappa shape index (κ1) is 9.38. The molecule has 1 heteroatoms.